The number of cyclic esters (lactones) is 1. The van der Waals surface area contributed by atoms with Crippen molar-refractivity contribution in [2.75, 3.05) is 11.5 Å². The van der Waals surface area contributed by atoms with Gasteiger partial charge in [-0.3, -0.25) is 10.1 Å². The van der Waals surface area contributed by atoms with Crippen LogP contribution in [0.4, 0.5) is 11.4 Å². The molecular weight excluding hydrogens is 308 g/mol. The molecule has 0 bridgehead atoms. The molecule has 0 spiro atoms. The molecule has 2 aromatic carbocycles. The van der Waals surface area contributed by atoms with Gasteiger partial charge in [-0.15, -0.1) is 0 Å². The van der Waals surface area contributed by atoms with Crippen LogP contribution in [-0.4, -0.2) is 17.5 Å². The van der Waals surface area contributed by atoms with Crippen LogP contribution in [0.25, 0.3) is 0 Å². The van der Waals surface area contributed by atoms with Crippen molar-refractivity contribution in [3.8, 4) is 0 Å². The number of anilines is 1. The van der Waals surface area contributed by atoms with E-state index >= 15 is 0 Å². The minimum Gasteiger partial charge on any atom is -0.456 e. The summed E-state index contributed by atoms with van der Waals surface area (Å²) in [6, 6.07) is 14.4. The van der Waals surface area contributed by atoms with E-state index < -0.39 is 4.92 Å². The van der Waals surface area contributed by atoms with Gasteiger partial charge in [0.05, 0.1) is 16.2 Å². The van der Waals surface area contributed by atoms with Crippen LogP contribution in [0.3, 0.4) is 0 Å². The Kier molecular flexibility index (Phi) is 3.30. The van der Waals surface area contributed by atoms with E-state index in [1.165, 1.54) is 12.1 Å². The fraction of sp³-hybridized carbons (Fsp3) is 0.167. The molecule has 2 aliphatic heterocycles. The van der Waals surface area contributed by atoms with Crippen molar-refractivity contribution < 1.29 is 14.5 Å². The van der Waals surface area contributed by atoms with Gasteiger partial charge < -0.3 is 9.64 Å². The van der Waals surface area contributed by atoms with Crippen LogP contribution in [0.15, 0.2) is 59.8 Å². The van der Waals surface area contributed by atoms with Crippen molar-refractivity contribution in [3.05, 3.63) is 81.0 Å². The van der Waals surface area contributed by atoms with E-state index in [2.05, 4.69) is 4.90 Å². The van der Waals surface area contributed by atoms with E-state index in [0.29, 0.717) is 18.5 Å². The van der Waals surface area contributed by atoms with Gasteiger partial charge in [-0.2, -0.15) is 0 Å². The lowest BCUT2D eigenvalue weighted by molar-refractivity contribution is -0.384. The third kappa shape index (κ3) is 2.32. The van der Waals surface area contributed by atoms with Crippen LogP contribution >= 0.6 is 0 Å². The van der Waals surface area contributed by atoms with E-state index in [-0.39, 0.29) is 18.3 Å². The number of nitro benzene ring substituents is 1. The molecule has 6 heteroatoms. The fourth-order valence-corrected chi connectivity index (χ4v) is 3.19. The van der Waals surface area contributed by atoms with Crippen molar-refractivity contribution >= 4 is 17.3 Å². The lowest BCUT2D eigenvalue weighted by atomic mass is 9.96. The number of carbonyl (C=O) groups excluding carboxylic acids is 1. The molecule has 0 N–H and O–H groups in total. The van der Waals surface area contributed by atoms with Crippen molar-refractivity contribution in [2.24, 2.45) is 0 Å². The summed E-state index contributed by atoms with van der Waals surface area (Å²) in [5.41, 5.74) is 4.72. The second-order valence-electron chi connectivity index (χ2n) is 5.82. The van der Waals surface area contributed by atoms with E-state index in [1.54, 1.807) is 12.1 Å². The molecule has 6 nitrogen and oxygen atoms in total. The highest BCUT2D eigenvalue weighted by molar-refractivity contribution is 5.95. The highest BCUT2D eigenvalue weighted by Crippen LogP contribution is 2.37. The average Bonchev–Trinajstić information content (AvgIpc) is 2.96. The van der Waals surface area contributed by atoms with E-state index in [9.17, 15) is 14.9 Å². The third-order valence-corrected chi connectivity index (χ3v) is 4.40. The van der Waals surface area contributed by atoms with Crippen molar-refractivity contribution in [1.29, 1.82) is 0 Å². The van der Waals surface area contributed by atoms with Crippen molar-refractivity contribution in [1.82, 2.24) is 0 Å². The second kappa shape index (κ2) is 5.49. The number of esters is 1. The van der Waals surface area contributed by atoms with Crippen LogP contribution < -0.4 is 4.90 Å². The molecule has 0 saturated heterocycles. The monoisotopic (exact) mass is 322 g/mol. The molecule has 2 aliphatic rings. The maximum absolute atomic E-state index is 12.0. The molecule has 4 rings (SSSR count). The lowest BCUT2D eigenvalue weighted by Crippen LogP contribution is -2.28. The zero-order valence-corrected chi connectivity index (χ0v) is 12.8. The maximum Gasteiger partial charge on any atom is 0.336 e. The van der Waals surface area contributed by atoms with Crippen molar-refractivity contribution in [2.45, 2.75) is 13.0 Å². The standard InChI is InChI=1S/C18H14N2O4/c21-18-15-9-13-3-1-2-4-16(13)19(17(15)11-24-18)10-12-5-7-14(8-6-12)20(22)23/h1-8H,9-11H2. The summed E-state index contributed by atoms with van der Waals surface area (Å²) in [5, 5.41) is 10.8. The number of carbonyl (C=O) groups is 1. The molecular formula is C18H14N2O4. The number of nitro groups is 1. The number of hydrogen-bond donors (Lipinski definition) is 0. The topological polar surface area (TPSA) is 72.7 Å². The third-order valence-electron chi connectivity index (χ3n) is 4.40. The minimum absolute atomic E-state index is 0.0667. The molecule has 0 atom stereocenters. The Morgan fingerprint density at radius 3 is 2.62 bits per heavy atom. The largest absolute Gasteiger partial charge is 0.456 e. The SMILES string of the molecule is O=C1OCC2=C1Cc1ccccc1N2Cc1ccc([N+](=O)[O-])cc1. The maximum atomic E-state index is 12.0. The van der Waals surface area contributed by atoms with Crippen LogP contribution in [-0.2, 0) is 22.5 Å². The molecule has 0 unspecified atom stereocenters. The number of hydrogen-bond acceptors (Lipinski definition) is 5. The Hall–Kier alpha value is -3.15. The Bertz CT molecular complexity index is 871. The molecule has 120 valence electrons. The summed E-state index contributed by atoms with van der Waals surface area (Å²) in [5.74, 6) is -0.256. The van der Waals surface area contributed by atoms with Crippen LogP contribution in [0.2, 0.25) is 0 Å². The van der Waals surface area contributed by atoms with Gasteiger partial charge in [0.15, 0.2) is 0 Å². The molecule has 2 heterocycles. The highest BCUT2D eigenvalue weighted by Gasteiger charge is 2.34. The second-order valence-corrected chi connectivity index (χ2v) is 5.82. The summed E-state index contributed by atoms with van der Waals surface area (Å²) < 4.78 is 5.21. The first-order chi connectivity index (χ1) is 11.6. The normalized spacial score (nSPS) is 15.8. The van der Waals surface area contributed by atoms with Gasteiger partial charge in [0.1, 0.15) is 6.61 Å². The molecule has 0 radical (unpaired) electrons. The zero-order valence-electron chi connectivity index (χ0n) is 12.8. The van der Waals surface area contributed by atoms with Gasteiger partial charge in [0.25, 0.3) is 5.69 Å². The first kappa shape index (κ1) is 14.4. The Morgan fingerprint density at radius 2 is 1.88 bits per heavy atom. The number of nitrogens with zero attached hydrogens (tertiary/aromatic N) is 2. The summed E-state index contributed by atoms with van der Waals surface area (Å²) in [6.45, 7) is 0.806. The molecule has 2 aromatic rings. The number of ether oxygens (including phenoxy) is 1. The zero-order chi connectivity index (χ0) is 16.7. The molecule has 0 aliphatic carbocycles. The molecule has 0 fully saturated rings. The van der Waals surface area contributed by atoms with Crippen LogP contribution in [0, 0.1) is 10.1 Å². The average molecular weight is 322 g/mol. The van der Waals surface area contributed by atoms with Gasteiger partial charge in [0, 0.05) is 30.8 Å². The highest BCUT2D eigenvalue weighted by atomic mass is 16.6. The summed E-state index contributed by atoms with van der Waals surface area (Å²) in [6.07, 6.45) is 0.584. The molecule has 0 amide bonds. The first-order valence-corrected chi connectivity index (χ1v) is 7.61. The summed E-state index contributed by atoms with van der Waals surface area (Å²) in [4.78, 5) is 24.4. The van der Waals surface area contributed by atoms with Gasteiger partial charge in [-0.05, 0) is 17.2 Å². The van der Waals surface area contributed by atoms with Gasteiger partial charge >= 0.3 is 5.97 Å². The van der Waals surface area contributed by atoms with Crippen LogP contribution in [0.5, 0.6) is 0 Å². The smallest absolute Gasteiger partial charge is 0.336 e. The Labute approximate surface area is 138 Å². The first-order valence-electron chi connectivity index (χ1n) is 7.61. The van der Waals surface area contributed by atoms with Gasteiger partial charge in [-0.1, -0.05) is 30.3 Å². The Morgan fingerprint density at radius 1 is 1.12 bits per heavy atom. The van der Waals surface area contributed by atoms with Gasteiger partial charge in [0.2, 0.25) is 0 Å². The number of rotatable bonds is 3. The molecule has 24 heavy (non-hydrogen) atoms. The molecule has 0 saturated carbocycles. The van der Waals surface area contributed by atoms with Gasteiger partial charge in [-0.25, -0.2) is 4.79 Å². The number of non-ortho nitro benzene ring substituents is 1. The molecule has 0 aromatic heterocycles. The van der Waals surface area contributed by atoms with E-state index in [0.717, 1.165) is 22.5 Å². The van der Waals surface area contributed by atoms with E-state index in [4.69, 9.17) is 4.74 Å². The predicted octanol–water partition coefficient (Wildman–Crippen LogP) is 2.97. The van der Waals surface area contributed by atoms with E-state index in [1.807, 2.05) is 24.3 Å². The lowest BCUT2D eigenvalue weighted by Gasteiger charge is -2.31. The van der Waals surface area contributed by atoms with Crippen molar-refractivity contribution in [3.63, 3.8) is 0 Å². The quantitative estimate of drug-likeness (QED) is 0.493. The number of benzene rings is 2. The van der Waals surface area contributed by atoms with Crippen LogP contribution in [0.1, 0.15) is 11.1 Å². The summed E-state index contributed by atoms with van der Waals surface area (Å²) in [7, 11) is 0. The fourth-order valence-electron chi connectivity index (χ4n) is 3.19. The minimum atomic E-state index is -0.413. The number of fused-ring (bicyclic) bond motifs is 1. The predicted molar refractivity (Wildman–Crippen MR) is 87.4 cm³/mol. The number of para-hydroxylation sites is 1. The Balaban J connectivity index is 1.71. The summed E-state index contributed by atoms with van der Waals surface area (Å²) >= 11 is 0.